The number of nitriles is 1. The number of rotatable bonds is 4. The average Bonchev–Trinajstić information content (AvgIpc) is 2.98. The molecule has 5 heteroatoms. The van der Waals surface area contributed by atoms with Gasteiger partial charge in [-0.15, -0.1) is 11.6 Å². The van der Waals surface area contributed by atoms with E-state index in [2.05, 4.69) is 4.98 Å². The predicted octanol–water partition coefficient (Wildman–Crippen LogP) is 2.58. The number of hydrogen-bond acceptors (Lipinski definition) is 3. The Morgan fingerprint density at radius 3 is 2.74 bits per heavy atom. The van der Waals surface area contributed by atoms with Crippen molar-refractivity contribution in [3.63, 3.8) is 0 Å². The Balaban J connectivity index is 2.15. The van der Waals surface area contributed by atoms with E-state index in [0.717, 1.165) is 25.7 Å². The van der Waals surface area contributed by atoms with Crippen LogP contribution in [0.15, 0.2) is 18.3 Å². The summed E-state index contributed by atoms with van der Waals surface area (Å²) in [4.78, 5) is 18.3. The van der Waals surface area contributed by atoms with Crippen molar-refractivity contribution in [3.05, 3.63) is 29.6 Å². The molecule has 1 aromatic heterocycles. The van der Waals surface area contributed by atoms with Gasteiger partial charge in [0.1, 0.15) is 11.8 Å². The SMILES string of the molecule is N#Cc1ccc(C(=O)N(CCCl)C2CCCC2)nc1. The van der Waals surface area contributed by atoms with Crippen LogP contribution in [0.1, 0.15) is 41.7 Å². The molecule has 4 nitrogen and oxygen atoms in total. The quantitative estimate of drug-likeness (QED) is 0.795. The zero-order chi connectivity index (χ0) is 13.7. The Bertz CT molecular complexity index is 474. The Kier molecular flexibility index (Phi) is 4.75. The molecular formula is C14H16ClN3O. The number of aromatic nitrogens is 1. The van der Waals surface area contributed by atoms with Crippen LogP contribution in [0.4, 0.5) is 0 Å². The van der Waals surface area contributed by atoms with E-state index in [1.165, 1.54) is 6.20 Å². The topological polar surface area (TPSA) is 57.0 Å². The van der Waals surface area contributed by atoms with Crippen LogP contribution in [0, 0.1) is 11.3 Å². The lowest BCUT2D eigenvalue weighted by Gasteiger charge is -2.28. The lowest BCUT2D eigenvalue weighted by Crippen LogP contribution is -2.40. The molecule has 0 spiro atoms. The molecule has 1 aromatic rings. The molecule has 0 radical (unpaired) electrons. The van der Waals surface area contributed by atoms with Gasteiger partial charge < -0.3 is 4.90 Å². The number of nitrogens with zero attached hydrogens (tertiary/aromatic N) is 3. The first-order chi connectivity index (χ1) is 9.26. The fourth-order valence-electron chi connectivity index (χ4n) is 2.49. The van der Waals surface area contributed by atoms with Crippen LogP contribution in [-0.4, -0.2) is 34.3 Å². The lowest BCUT2D eigenvalue weighted by molar-refractivity contribution is 0.0689. The van der Waals surface area contributed by atoms with Gasteiger partial charge in [-0.1, -0.05) is 12.8 Å². The molecule has 0 N–H and O–H groups in total. The minimum Gasteiger partial charge on any atom is -0.333 e. The molecular weight excluding hydrogens is 262 g/mol. The molecule has 1 heterocycles. The van der Waals surface area contributed by atoms with Gasteiger partial charge in [0.15, 0.2) is 0 Å². The number of alkyl halides is 1. The van der Waals surface area contributed by atoms with E-state index in [-0.39, 0.29) is 11.9 Å². The van der Waals surface area contributed by atoms with Gasteiger partial charge in [0.25, 0.3) is 5.91 Å². The van der Waals surface area contributed by atoms with Crippen molar-refractivity contribution in [1.82, 2.24) is 9.88 Å². The Morgan fingerprint density at radius 2 is 2.21 bits per heavy atom. The van der Waals surface area contributed by atoms with Crippen molar-refractivity contribution in [1.29, 1.82) is 5.26 Å². The molecule has 2 rings (SSSR count). The van der Waals surface area contributed by atoms with E-state index in [1.54, 1.807) is 12.1 Å². The summed E-state index contributed by atoms with van der Waals surface area (Å²) >= 11 is 5.80. The maximum atomic E-state index is 12.4. The zero-order valence-corrected chi connectivity index (χ0v) is 11.4. The van der Waals surface area contributed by atoms with E-state index < -0.39 is 0 Å². The number of carbonyl (C=O) groups is 1. The van der Waals surface area contributed by atoms with Crippen LogP contribution in [0.3, 0.4) is 0 Å². The van der Waals surface area contributed by atoms with Gasteiger partial charge in [0.05, 0.1) is 5.56 Å². The molecule has 0 aliphatic heterocycles. The third-order valence-electron chi connectivity index (χ3n) is 3.46. The van der Waals surface area contributed by atoms with E-state index in [0.29, 0.717) is 23.7 Å². The van der Waals surface area contributed by atoms with Crippen LogP contribution in [-0.2, 0) is 0 Å². The Hall–Kier alpha value is -1.60. The normalized spacial score (nSPS) is 15.2. The standard InChI is InChI=1S/C14H16ClN3O/c15-7-8-18(12-3-1-2-4-12)14(19)13-6-5-11(9-16)10-17-13/h5-6,10,12H,1-4,7-8H2. The van der Waals surface area contributed by atoms with Gasteiger partial charge in [-0.25, -0.2) is 4.98 Å². The molecule has 0 saturated heterocycles. The van der Waals surface area contributed by atoms with Crippen molar-refractivity contribution in [2.24, 2.45) is 0 Å². The van der Waals surface area contributed by atoms with Crippen LogP contribution >= 0.6 is 11.6 Å². The number of pyridine rings is 1. The van der Waals surface area contributed by atoms with Crippen LogP contribution in [0.2, 0.25) is 0 Å². The Morgan fingerprint density at radius 1 is 1.47 bits per heavy atom. The average molecular weight is 278 g/mol. The highest BCUT2D eigenvalue weighted by molar-refractivity contribution is 6.18. The predicted molar refractivity (Wildman–Crippen MR) is 73.0 cm³/mol. The van der Waals surface area contributed by atoms with E-state index >= 15 is 0 Å². The maximum Gasteiger partial charge on any atom is 0.272 e. The monoisotopic (exact) mass is 277 g/mol. The summed E-state index contributed by atoms with van der Waals surface area (Å²) in [5, 5.41) is 8.73. The molecule has 1 aliphatic rings. The van der Waals surface area contributed by atoms with Crippen molar-refractivity contribution < 1.29 is 4.79 Å². The lowest BCUT2D eigenvalue weighted by atomic mass is 10.2. The molecule has 0 unspecified atom stereocenters. The van der Waals surface area contributed by atoms with Gasteiger partial charge in [-0.2, -0.15) is 5.26 Å². The number of hydrogen-bond donors (Lipinski definition) is 0. The molecule has 19 heavy (non-hydrogen) atoms. The zero-order valence-electron chi connectivity index (χ0n) is 10.7. The van der Waals surface area contributed by atoms with Gasteiger partial charge >= 0.3 is 0 Å². The summed E-state index contributed by atoms with van der Waals surface area (Å²) in [6, 6.07) is 5.50. The highest BCUT2D eigenvalue weighted by atomic mass is 35.5. The number of carbonyl (C=O) groups excluding carboxylic acids is 1. The summed E-state index contributed by atoms with van der Waals surface area (Å²) < 4.78 is 0. The van der Waals surface area contributed by atoms with Gasteiger partial charge in [-0.3, -0.25) is 4.79 Å². The first kappa shape index (κ1) is 13.8. The van der Waals surface area contributed by atoms with Crippen molar-refractivity contribution in [2.45, 2.75) is 31.7 Å². The van der Waals surface area contributed by atoms with Gasteiger partial charge in [-0.05, 0) is 25.0 Å². The van der Waals surface area contributed by atoms with E-state index in [9.17, 15) is 4.79 Å². The number of amides is 1. The summed E-state index contributed by atoms with van der Waals surface area (Å²) in [7, 11) is 0. The van der Waals surface area contributed by atoms with Crippen molar-refractivity contribution >= 4 is 17.5 Å². The van der Waals surface area contributed by atoms with Crippen LogP contribution in [0.25, 0.3) is 0 Å². The molecule has 1 fully saturated rings. The maximum absolute atomic E-state index is 12.4. The first-order valence-corrected chi connectivity index (χ1v) is 7.03. The Labute approximate surface area is 118 Å². The van der Waals surface area contributed by atoms with Crippen molar-refractivity contribution in [2.75, 3.05) is 12.4 Å². The summed E-state index contributed by atoms with van der Waals surface area (Å²) in [6.45, 7) is 0.548. The summed E-state index contributed by atoms with van der Waals surface area (Å²) in [5.41, 5.74) is 0.845. The largest absolute Gasteiger partial charge is 0.333 e. The third kappa shape index (κ3) is 3.24. The second kappa shape index (κ2) is 6.53. The highest BCUT2D eigenvalue weighted by Crippen LogP contribution is 2.24. The molecule has 100 valence electrons. The van der Waals surface area contributed by atoms with E-state index in [1.807, 2.05) is 11.0 Å². The summed E-state index contributed by atoms with van der Waals surface area (Å²) in [6.07, 6.45) is 5.84. The minimum absolute atomic E-state index is 0.0861. The van der Waals surface area contributed by atoms with Crippen LogP contribution < -0.4 is 0 Å². The number of halogens is 1. The second-order valence-corrected chi connectivity index (χ2v) is 5.05. The van der Waals surface area contributed by atoms with Gasteiger partial charge in [0, 0.05) is 24.7 Å². The molecule has 1 aliphatic carbocycles. The smallest absolute Gasteiger partial charge is 0.272 e. The fraction of sp³-hybridized carbons (Fsp3) is 0.500. The minimum atomic E-state index is -0.0861. The molecule has 0 aromatic carbocycles. The second-order valence-electron chi connectivity index (χ2n) is 4.67. The molecule has 0 atom stereocenters. The van der Waals surface area contributed by atoms with Crippen LogP contribution in [0.5, 0.6) is 0 Å². The molecule has 1 saturated carbocycles. The molecule has 0 bridgehead atoms. The van der Waals surface area contributed by atoms with E-state index in [4.69, 9.17) is 16.9 Å². The first-order valence-electron chi connectivity index (χ1n) is 6.49. The molecule has 1 amide bonds. The third-order valence-corrected chi connectivity index (χ3v) is 3.63. The summed E-state index contributed by atoms with van der Waals surface area (Å²) in [5.74, 6) is 0.343. The fourth-order valence-corrected chi connectivity index (χ4v) is 2.67. The van der Waals surface area contributed by atoms with Gasteiger partial charge in [0.2, 0.25) is 0 Å². The van der Waals surface area contributed by atoms with Crippen molar-refractivity contribution in [3.8, 4) is 6.07 Å². The highest BCUT2D eigenvalue weighted by Gasteiger charge is 2.27.